The second-order valence-corrected chi connectivity index (χ2v) is 10.3. The Bertz CT molecular complexity index is 1070. The van der Waals surface area contributed by atoms with Crippen LogP contribution in [0, 0.1) is 23.2 Å². The highest BCUT2D eigenvalue weighted by Crippen LogP contribution is 2.60. The number of halogens is 3. The third kappa shape index (κ3) is 4.59. The van der Waals surface area contributed by atoms with Crippen molar-refractivity contribution in [1.29, 1.82) is 0 Å². The third-order valence-electron chi connectivity index (χ3n) is 7.85. The highest BCUT2D eigenvalue weighted by Gasteiger charge is 2.53. The quantitative estimate of drug-likeness (QED) is 0.405. The molecule has 0 saturated heterocycles. The van der Waals surface area contributed by atoms with E-state index in [1.54, 1.807) is 12.1 Å². The topological polar surface area (TPSA) is 35.5 Å². The van der Waals surface area contributed by atoms with Gasteiger partial charge >= 0.3 is 6.18 Å². The van der Waals surface area contributed by atoms with Gasteiger partial charge in [0.05, 0.1) is 12.7 Å². The van der Waals surface area contributed by atoms with Gasteiger partial charge in [-0.1, -0.05) is 18.2 Å². The van der Waals surface area contributed by atoms with Gasteiger partial charge in [0.15, 0.2) is 5.78 Å². The molecule has 0 aliphatic heterocycles. The molecule has 0 aromatic heterocycles. The van der Waals surface area contributed by atoms with E-state index in [-0.39, 0.29) is 23.6 Å². The molecule has 0 radical (unpaired) electrons. The van der Waals surface area contributed by atoms with Crippen LogP contribution in [-0.4, -0.2) is 12.9 Å². The summed E-state index contributed by atoms with van der Waals surface area (Å²) in [7, 11) is 1.54. The van der Waals surface area contributed by atoms with Crippen LogP contribution in [0.3, 0.4) is 0 Å². The van der Waals surface area contributed by atoms with Crippen LogP contribution in [0.15, 0.2) is 48.5 Å². The van der Waals surface area contributed by atoms with E-state index in [4.69, 9.17) is 9.47 Å². The van der Waals surface area contributed by atoms with Crippen molar-refractivity contribution in [3.8, 4) is 11.5 Å². The Morgan fingerprint density at radius 3 is 2.32 bits per heavy atom. The molecule has 6 rings (SSSR count). The molecule has 180 valence electrons. The van der Waals surface area contributed by atoms with Crippen LogP contribution in [0.4, 0.5) is 13.2 Å². The zero-order valence-electron chi connectivity index (χ0n) is 19.2. The van der Waals surface area contributed by atoms with Crippen molar-refractivity contribution in [3.05, 3.63) is 65.2 Å². The molecular formula is C28H29F3O3. The van der Waals surface area contributed by atoms with E-state index < -0.39 is 11.7 Å². The maximum absolute atomic E-state index is 13.3. The summed E-state index contributed by atoms with van der Waals surface area (Å²) in [6.45, 7) is 0.0507. The summed E-state index contributed by atoms with van der Waals surface area (Å²) >= 11 is 0. The van der Waals surface area contributed by atoms with Crippen LogP contribution in [0.1, 0.15) is 55.2 Å². The van der Waals surface area contributed by atoms with Crippen LogP contribution in [0.5, 0.6) is 11.5 Å². The average Bonchev–Trinajstić information content (AvgIpc) is 2.80. The maximum atomic E-state index is 13.3. The molecule has 4 saturated carbocycles. The van der Waals surface area contributed by atoms with Crippen LogP contribution in [-0.2, 0) is 17.6 Å². The highest BCUT2D eigenvalue weighted by molar-refractivity contribution is 5.98. The lowest BCUT2D eigenvalue weighted by Gasteiger charge is -2.55. The summed E-state index contributed by atoms with van der Waals surface area (Å²) in [5, 5.41) is 0. The summed E-state index contributed by atoms with van der Waals surface area (Å²) in [5.41, 5.74) is 0.607. The van der Waals surface area contributed by atoms with Crippen molar-refractivity contribution in [2.75, 3.05) is 7.11 Å². The molecule has 0 spiro atoms. The first-order valence-corrected chi connectivity index (χ1v) is 11.9. The van der Waals surface area contributed by atoms with E-state index in [1.165, 1.54) is 38.5 Å². The van der Waals surface area contributed by atoms with Gasteiger partial charge < -0.3 is 9.47 Å². The fourth-order valence-electron chi connectivity index (χ4n) is 6.70. The average molecular weight is 471 g/mol. The molecule has 34 heavy (non-hydrogen) atoms. The first-order chi connectivity index (χ1) is 16.2. The minimum Gasteiger partial charge on any atom is -0.496 e. The van der Waals surface area contributed by atoms with E-state index in [2.05, 4.69) is 0 Å². The molecule has 0 heterocycles. The van der Waals surface area contributed by atoms with Gasteiger partial charge in [-0.25, -0.2) is 0 Å². The molecule has 4 aliphatic rings. The van der Waals surface area contributed by atoms with Crippen LogP contribution < -0.4 is 9.47 Å². The normalized spacial score (nSPS) is 27.8. The third-order valence-corrected chi connectivity index (χ3v) is 7.85. The Kier molecular flexibility index (Phi) is 5.95. The lowest BCUT2D eigenvalue weighted by atomic mass is 9.48. The van der Waals surface area contributed by atoms with Crippen molar-refractivity contribution in [1.82, 2.24) is 0 Å². The van der Waals surface area contributed by atoms with Crippen molar-refractivity contribution < 1.29 is 27.4 Å². The molecule has 2 aromatic rings. The van der Waals surface area contributed by atoms with E-state index in [1.807, 2.05) is 18.2 Å². The van der Waals surface area contributed by atoms with Gasteiger partial charge in [0.25, 0.3) is 0 Å². The molecule has 4 fully saturated rings. The standard InChI is InChI=1S/C28H29F3O3/c1-33-25-7-5-18(12-22(25)17-34-24-4-2-3-23(13-24)28(29,30)31)6-8-26(32)27-14-19-9-20(15-27)11-21(10-19)16-27/h2-8,12-13,19-21H,9-11,14-17H2,1H3/b8-6+. The number of hydrogen-bond donors (Lipinski definition) is 0. The monoisotopic (exact) mass is 470 g/mol. The van der Waals surface area contributed by atoms with Gasteiger partial charge in [0.2, 0.25) is 0 Å². The predicted molar refractivity (Wildman–Crippen MR) is 123 cm³/mol. The van der Waals surface area contributed by atoms with Crippen molar-refractivity contribution in [2.45, 2.75) is 51.3 Å². The predicted octanol–water partition coefficient (Wildman–Crippen LogP) is 7.09. The van der Waals surface area contributed by atoms with E-state index >= 15 is 0 Å². The van der Waals surface area contributed by atoms with Crippen molar-refractivity contribution >= 4 is 11.9 Å². The van der Waals surface area contributed by atoms with Crippen LogP contribution in [0.2, 0.25) is 0 Å². The lowest BCUT2D eigenvalue weighted by Crippen LogP contribution is -2.49. The van der Waals surface area contributed by atoms with E-state index in [0.29, 0.717) is 29.1 Å². The van der Waals surface area contributed by atoms with Crippen molar-refractivity contribution in [2.24, 2.45) is 23.2 Å². The Labute approximate surface area is 198 Å². The molecule has 0 amide bonds. The van der Waals surface area contributed by atoms with Gasteiger partial charge in [-0.05, 0) is 98.2 Å². The lowest BCUT2D eigenvalue weighted by molar-refractivity contribution is -0.138. The first kappa shape index (κ1) is 23.0. The van der Waals surface area contributed by atoms with Gasteiger partial charge in [0.1, 0.15) is 18.1 Å². The Morgan fingerprint density at radius 1 is 1.03 bits per heavy atom. The van der Waals surface area contributed by atoms with Crippen LogP contribution in [0.25, 0.3) is 6.08 Å². The number of carbonyl (C=O) groups excluding carboxylic acids is 1. The summed E-state index contributed by atoms with van der Waals surface area (Å²) in [5.74, 6) is 3.09. The van der Waals surface area contributed by atoms with Crippen LogP contribution >= 0.6 is 0 Å². The number of benzene rings is 2. The SMILES string of the molecule is COc1ccc(/C=C/C(=O)C23CC4CC(CC(C4)C2)C3)cc1COc1cccc(C(F)(F)F)c1. The Morgan fingerprint density at radius 2 is 1.71 bits per heavy atom. The maximum Gasteiger partial charge on any atom is 0.416 e. The minimum atomic E-state index is -4.43. The number of allylic oxidation sites excluding steroid dienone is 1. The van der Waals surface area contributed by atoms with E-state index in [0.717, 1.165) is 37.0 Å². The molecule has 0 atom stereocenters. The van der Waals surface area contributed by atoms with E-state index in [9.17, 15) is 18.0 Å². The number of alkyl halides is 3. The van der Waals surface area contributed by atoms with Crippen molar-refractivity contribution in [3.63, 3.8) is 0 Å². The highest BCUT2D eigenvalue weighted by atomic mass is 19.4. The zero-order valence-corrected chi connectivity index (χ0v) is 19.2. The summed E-state index contributed by atoms with van der Waals surface area (Å²) < 4.78 is 50.0. The molecule has 6 heteroatoms. The number of ketones is 1. The number of rotatable bonds is 7. The number of carbonyl (C=O) groups is 1. The second kappa shape index (κ2) is 8.79. The molecule has 0 N–H and O–H groups in total. The second-order valence-electron chi connectivity index (χ2n) is 10.3. The van der Waals surface area contributed by atoms with Gasteiger partial charge in [0, 0.05) is 11.0 Å². The molecule has 4 aliphatic carbocycles. The molecular weight excluding hydrogens is 441 g/mol. The Balaban J connectivity index is 1.30. The Hall–Kier alpha value is -2.76. The molecule has 3 nitrogen and oxygen atoms in total. The molecule has 2 aromatic carbocycles. The number of hydrogen-bond acceptors (Lipinski definition) is 3. The summed E-state index contributed by atoms with van der Waals surface area (Å²) in [6.07, 6.45) is 6.12. The fraction of sp³-hybridized carbons (Fsp3) is 0.464. The fourth-order valence-corrected chi connectivity index (χ4v) is 6.70. The smallest absolute Gasteiger partial charge is 0.416 e. The zero-order chi connectivity index (χ0) is 23.9. The minimum absolute atomic E-state index is 0.0507. The summed E-state index contributed by atoms with van der Waals surface area (Å²) in [4.78, 5) is 13.3. The molecule has 0 unspecified atom stereocenters. The largest absolute Gasteiger partial charge is 0.496 e. The number of methoxy groups -OCH3 is 1. The number of ether oxygens (including phenoxy) is 2. The van der Waals surface area contributed by atoms with Gasteiger partial charge in [-0.2, -0.15) is 13.2 Å². The first-order valence-electron chi connectivity index (χ1n) is 11.9. The summed E-state index contributed by atoms with van der Waals surface area (Å²) in [6, 6.07) is 10.3. The molecule has 4 bridgehead atoms. The van der Waals surface area contributed by atoms with Gasteiger partial charge in [-0.3, -0.25) is 4.79 Å². The van der Waals surface area contributed by atoms with Gasteiger partial charge in [-0.15, -0.1) is 0 Å².